The number of hydrogen-bond acceptors (Lipinski definition) is 1. The van der Waals surface area contributed by atoms with Gasteiger partial charge in [0.1, 0.15) is 0 Å². The van der Waals surface area contributed by atoms with Gasteiger partial charge in [0.2, 0.25) is 0 Å². The van der Waals surface area contributed by atoms with Crippen molar-refractivity contribution >= 4 is 11.6 Å². The molecule has 0 spiro atoms. The van der Waals surface area contributed by atoms with Crippen LogP contribution in [-0.2, 0) is 4.74 Å². The first-order valence-corrected chi connectivity index (χ1v) is 3.60. The molecule has 1 heterocycles. The van der Waals surface area contributed by atoms with E-state index >= 15 is 0 Å². The molecule has 1 aliphatic rings. The zero-order valence-corrected chi connectivity index (χ0v) is 6.16. The lowest BCUT2D eigenvalue weighted by molar-refractivity contribution is 0.0776. The van der Waals surface area contributed by atoms with E-state index in [9.17, 15) is 0 Å². The molecule has 2 heteroatoms. The maximum atomic E-state index is 5.71. The first kappa shape index (κ1) is 7.10. The molecule has 0 aromatic rings. The van der Waals surface area contributed by atoms with E-state index in [-0.39, 0.29) is 0 Å². The summed E-state index contributed by atoms with van der Waals surface area (Å²) in [6, 6.07) is 0. The van der Waals surface area contributed by atoms with E-state index in [4.69, 9.17) is 16.3 Å². The van der Waals surface area contributed by atoms with Gasteiger partial charge < -0.3 is 4.74 Å². The van der Waals surface area contributed by atoms with E-state index < -0.39 is 0 Å². The molecule has 0 radical (unpaired) electrons. The lowest BCUT2D eigenvalue weighted by atomic mass is 10.0. The van der Waals surface area contributed by atoms with Crippen LogP contribution in [0.4, 0.5) is 0 Å². The van der Waals surface area contributed by atoms with Crippen LogP contribution in [-0.4, -0.2) is 13.2 Å². The highest BCUT2D eigenvalue weighted by Crippen LogP contribution is 2.23. The van der Waals surface area contributed by atoms with Gasteiger partial charge in [0, 0.05) is 18.2 Å². The summed E-state index contributed by atoms with van der Waals surface area (Å²) >= 11 is 5.71. The van der Waals surface area contributed by atoms with Gasteiger partial charge in [-0.05, 0) is 18.8 Å². The predicted molar refractivity (Wildman–Crippen MR) is 38.5 cm³/mol. The van der Waals surface area contributed by atoms with Gasteiger partial charge >= 0.3 is 0 Å². The van der Waals surface area contributed by atoms with Crippen LogP contribution in [0.2, 0.25) is 0 Å². The normalized spacial score (nSPS) is 21.9. The van der Waals surface area contributed by atoms with Crippen LogP contribution in [0, 0.1) is 5.92 Å². The van der Waals surface area contributed by atoms with Gasteiger partial charge in [-0.15, -0.1) is 0 Å². The van der Waals surface area contributed by atoms with E-state index in [0.717, 1.165) is 31.1 Å². The van der Waals surface area contributed by atoms with Gasteiger partial charge in [-0.2, -0.15) is 0 Å². The maximum Gasteiger partial charge on any atom is 0.0472 e. The lowest BCUT2D eigenvalue weighted by Crippen LogP contribution is -2.15. The highest BCUT2D eigenvalue weighted by molar-refractivity contribution is 6.29. The molecule has 0 aliphatic carbocycles. The number of allylic oxidation sites excluding steroid dienone is 1. The van der Waals surface area contributed by atoms with Crippen LogP contribution in [0.15, 0.2) is 11.6 Å². The Labute approximate surface area is 60.7 Å². The van der Waals surface area contributed by atoms with Crippen LogP contribution in [0.25, 0.3) is 0 Å². The lowest BCUT2D eigenvalue weighted by Gasteiger charge is -2.20. The molecule has 0 aromatic carbocycles. The van der Waals surface area contributed by atoms with Crippen molar-refractivity contribution < 1.29 is 4.74 Å². The Bertz CT molecular complexity index is 105. The third-order valence-electron chi connectivity index (χ3n) is 1.66. The standard InChI is InChI=1S/C7H11ClO/c1-6(8)7-2-4-9-5-3-7/h7H,1-5H2. The Hall–Kier alpha value is -0.0100. The summed E-state index contributed by atoms with van der Waals surface area (Å²) in [6.45, 7) is 5.38. The van der Waals surface area contributed by atoms with E-state index in [0.29, 0.717) is 5.92 Å². The summed E-state index contributed by atoms with van der Waals surface area (Å²) in [6.07, 6.45) is 2.09. The summed E-state index contributed by atoms with van der Waals surface area (Å²) in [5.41, 5.74) is 0. The Morgan fingerprint density at radius 3 is 2.33 bits per heavy atom. The Kier molecular flexibility index (Phi) is 2.55. The summed E-state index contributed by atoms with van der Waals surface area (Å²) < 4.78 is 5.15. The van der Waals surface area contributed by atoms with Gasteiger partial charge in [-0.25, -0.2) is 0 Å². The molecular formula is C7H11ClO. The molecule has 0 N–H and O–H groups in total. The topological polar surface area (TPSA) is 9.23 Å². The van der Waals surface area contributed by atoms with Gasteiger partial charge in [0.05, 0.1) is 0 Å². The van der Waals surface area contributed by atoms with E-state index in [2.05, 4.69) is 6.58 Å². The van der Waals surface area contributed by atoms with Crippen molar-refractivity contribution in [3.63, 3.8) is 0 Å². The van der Waals surface area contributed by atoms with E-state index in [1.807, 2.05) is 0 Å². The second-order valence-corrected chi connectivity index (χ2v) is 2.82. The molecule has 0 atom stereocenters. The molecule has 0 saturated carbocycles. The zero-order chi connectivity index (χ0) is 6.69. The van der Waals surface area contributed by atoms with E-state index in [1.54, 1.807) is 0 Å². The second-order valence-electron chi connectivity index (χ2n) is 2.33. The molecule has 52 valence electrons. The monoisotopic (exact) mass is 146 g/mol. The van der Waals surface area contributed by atoms with Crippen molar-refractivity contribution in [1.82, 2.24) is 0 Å². The minimum absolute atomic E-state index is 0.500. The quantitative estimate of drug-likeness (QED) is 0.551. The molecule has 9 heavy (non-hydrogen) atoms. The third kappa shape index (κ3) is 1.99. The summed E-state index contributed by atoms with van der Waals surface area (Å²) in [4.78, 5) is 0. The van der Waals surface area contributed by atoms with Crippen LogP contribution < -0.4 is 0 Å². The first-order chi connectivity index (χ1) is 4.30. The highest BCUT2D eigenvalue weighted by atomic mass is 35.5. The van der Waals surface area contributed by atoms with Crippen molar-refractivity contribution in [2.24, 2.45) is 5.92 Å². The minimum atomic E-state index is 0.500. The molecule has 1 saturated heterocycles. The molecule has 1 aliphatic heterocycles. The van der Waals surface area contributed by atoms with Crippen molar-refractivity contribution in [2.75, 3.05) is 13.2 Å². The minimum Gasteiger partial charge on any atom is -0.381 e. The molecule has 0 bridgehead atoms. The average Bonchev–Trinajstić information content (AvgIpc) is 1.90. The van der Waals surface area contributed by atoms with Crippen molar-refractivity contribution in [3.8, 4) is 0 Å². The van der Waals surface area contributed by atoms with Gasteiger partial charge in [-0.3, -0.25) is 0 Å². The van der Waals surface area contributed by atoms with Crippen LogP contribution in [0.5, 0.6) is 0 Å². The Balaban J connectivity index is 2.31. The fraction of sp³-hybridized carbons (Fsp3) is 0.714. The Morgan fingerprint density at radius 1 is 1.44 bits per heavy atom. The molecule has 0 amide bonds. The van der Waals surface area contributed by atoms with Crippen molar-refractivity contribution in [1.29, 1.82) is 0 Å². The number of hydrogen-bond donors (Lipinski definition) is 0. The molecule has 1 fully saturated rings. The van der Waals surface area contributed by atoms with Crippen molar-refractivity contribution in [3.05, 3.63) is 11.6 Å². The first-order valence-electron chi connectivity index (χ1n) is 3.23. The number of ether oxygens (including phenoxy) is 1. The summed E-state index contributed by atoms with van der Waals surface area (Å²) in [7, 11) is 0. The number of rotatable bonds is 1. The average molecular weight is 147 g/mol. The van der Waals surface area contributed by atoms with Crippen LogP contribution >= 0.6 is 11.6 Å². The molecule has 0 aromatic heterocycles. The molecule has 1 nitrogen and oxygen atoms in total. The molecular weight excluding hydrogens is 136 g/mol. The smallest absolute Gasteiger partial charge is 0.0472 e. The Morgan fingerprint density at radius 2 is 2.00 bits per heavy atom. The maximum absolute atomic E-state index is 5.71. The van der Waals surface area contributed by atoms with Crippen LogP contribution in [0.1, 0.15) is 12.8 Å². The van der Waals surface area contributed by atoms with E-state index in [1.165, 1.54) is 0 Å². The van der Waals surface area contributed by atoms with Crippen LogP contribution in [0.3, 0.4) is 0 Å². The van der Waals surface area contributed by atoms with Crippen molar-refractivity contribution in [2.45, 2.75) is 12.8 Å². The fourth-order valence-electron chi connectivity index (χ4n) is 1.01. The SMILES string of the molecule is C=C(Cl)C1CCOCC1. The summed E-state index contributed by atoms with van der Waals surface area (Å²) in [5.74, 6) is 0.500. The zero-order valence-electron chi connectivity index (χ0n) is 5.40. The van der Waals surface area contributed by atoms with Gasteiger partial charge in [0.15, 0.2) is 0 Å². The summed E-state index contributed by atoms with van der Waals surface area (Å²) in [5, 5.41) is 0.790. The fourth-order valence-corrected chi connectivity index (χ4v) is 1.23. The number of halogens is 1. The van der Waals surface area contributed by atoms with Gasteiger partial charge in [-0.1, -0.05) is 18.2 Å². The highest BCUT2D eigenvalue weighted by Gasteiger charge is 2.14. The third-order valence-corrected chi connectivity index (χ3v) is 1.97. The molecule has 1 rings (SSSR count). The van der Waals surface area contributed by atoms with Gasteiger partial charge in [0.25, 0.3) is 0 Å². The molecule has 0 unspecified atom stereocenters. The largest absolute Gasteiger partial charge is 0.381 e. The predicted octanol–water partition coefficient (Wildman–Crippen LogP) is 2.17. The second kappa shape index (κ2) is 3.23.